The van der Waals surface area contributed by atoms with Gasteiger partial charge in [0.05, 0.1) is 0 Å². The van der Waals surface area contributed by atoms with E-state index in [9.17, 15) is 4.79 Å². The Morgan fingerprint density at radius 2 is 0.808 bits per heavy atom. The van der Waals surface area contributed by atoms with Gasteiger partial charge >= 0.3 is 0 Å². The molecule has 136 valence electrons. The maximum absolute atomic E-state index is 12.5. The molecule has 1 nitrogen and oxygen atoms in total. The molecule has 8 fully saturated rings. The molecule has 0 spiro atoms. The minimum Gasteiger partial charge on any atom is -0.270 e. The molecule has 0 atom stereocenters. The molecule has 0 amide bonds. The van der Waals surface area contributed by atoms with E-state index in [4.69, 9.17) is 0 Å². The van der Waals surface area contributed by atoms with Crippen LogP contribution in [0.3, 0.4) is 0 Å². The average Bonchev–Trinajstić information content (AvgIpc) is 2.56. The Labute approximate surface area is 158 Å². The van der Waals surface area contributed by atoms with Crippen LogP contribution in [-0.2, 0) is 4.79 Å². The van der Waals surface area contributed by atoms with E-state index in [0.29, 0.717) is 0 Å². The van der Waals surface area contributed by atoms with Crippen molar-refractivity contribution in [2.45, 2.75) is 77.0 Å². The summed E-state index contributed by atoms with van der Waals surface area (Å²) in [5.41, 5.74) is 0.347. The van der Waals surface area contributed by atoms with E-state index < -0.39 is 0 Å². The third kappa shape index (κ3) is 2.58. The SMILES string of the molecule is O=C(C#CC12CC3CC(CC(C3)C1)C2)C#CC12CC3CC(CC(C3)C1)C2. The van der Waals surface area contributed by atoms with Gasteiger partial charge in [0.15, 0.2) is 0 Å². The number of Topliss-reactive ketones (excluding diaryl/α,β-unsaturated/α-hetero) is 1. The van der Waals surface area contributed by atoms with Crippen LogP contribution in [0, 0.1) is 70.0 Å². The molecule has 0 unspecified atom stereocenters. The van der Waals surface area contributed by atoms with Crippen molar-refractivity contribution in [1.29, 1.82) is 0 Å². The van der Waals surface area contributed by atoms with Crippen LogP contribution in [0.15, 0.2) is 0 Å². The van der Waals surface area contributed by atoms with Gasteiger partial charge in [0.1, 0.15) is 0 Å². The van der Waals surface area contributed by atoms with Gasteiger partial charge in [-0.05, 0) is 124 Å². The predicted octanol–water partition coefficient (Wildman–Crippen LogP) is 5.00. The van der Waals surface area contributed by atoms with E-state index in [1.807, 2.05) is 0 Å². The van der Waals surface area contributed by atoms with Gasteiger partial charge in [-0.1, -0.05) is 11.8 Å². The first kappa shape index (κ1) is 15.8. The summed E-state index contributed by atoms with van der Waals surface area (Å²) in [6.45, 7) is 0. The summed E-state index contributed by atoms with van der Waals surface area (Å²) in [7, 11) is 0. The molecule has 1 heteroatoms. The summed E-state index contributed by atoms with van der Waals surface area (Å²) < 4.78 is 0. The van der Waals surface area contributed by atoms with E-state index in [-0.39, 0.29) is 16.6 Å². The second kappa shape index (κ2) is 5.41. The maximum Gasteiger partial charge on any atom is 0.279 e. The summed E-state index contributed by atoms with van der Waals surface area (Å²) in [6, 6.07) is 0. The first-order chi connectivity index (χ1) is 12.6. The van der Waals surface area contributed by atoms with Crippen molar-refractivity contribution in [3.8, 4) is 23.7 Å². The minimum atomic E-state index is -0.100. The van der Waals surface area contributed by atoms with Crippen LogP contribution in [0.1, 0.15) is 77.0 Å². The van der Waals surface area contributed by atoms with Crippen LogP contribution in [-0.4, -0.2) is 5.78 Å². The Hall–Kier alpha value is -1.21. The van der Waals surface area contributed by atoms with Crippen molar-refractivity contribution in [2.24, 2.45) is 46.3 Å². The van der Waals surface area contributed by atoms with E-state index in [2.05, 4.69) is 23.7 Å². The Morgan fingerprint density at radius 1 is 0.538 bits per heavy atom. The van der Waals surface area contributed by atoms with E-state index in [1.165, 1.54) is 77.0 Å². The van der Waals surface area contributed by atoms with E-state index in [0.717, 1.165) is 35.5 Å². The number of ketones is 1. The van der Waals surface area contributed by atoms with E-state index in [1.54, 1.807) is 0 Å². The number of hydrogen-bond donors (Lipinski definition) is 0. The second-order valence-electron chi connectivity index (χ2n) is 11.2. The Morgan fingerprint density at radius 3 is 1.08 bits per heavy atom. The van der Waals surface area contributed by atoms with Gasteiger partial charge in [-0.3, -0.25) is 4.79 Å². The molecule has 8 rings (SSSR count). The number of carbonyl (C=O) groups excluding carboxylic acids is 1. The minimum absolute atomic E-state index is 0.100. The summed E-state index contributed by atoms with van der Waals surface area (Å²) >= 11 is 0. The normalized spacial score (nSPS) is 52.2. The fourth-order valence-electron chi connectivity index (χ4n) is 8.94. The maximum atomic E-state index is 12.5. The molecular formula is C25H30O. The zero-order chi connectivity index (χ0) is 17.4. The lowest BCUT2D eigenvalue weighted by Crippen LogP contribution is -2.45. The lowest BCUT2D eigenvalue weighted by Gasteiger charge is -2.54. The zero-order valence-electron chi connectivity index (χ0n) is 15.9. The van der Waals surface area contributed by atoms with Crippen LogP contribution in [0.4, 0.5) is 0 Å². The highest BCUT2D eigenvalue weighted by Gasteiger charge is 2.51. The number of carbonyl (C=O) groups is 1. The highest BCUT2D eigenvalue weighted by Crippen LogP contribution is 2.60. The molecule has 0 aromatic carbocycles. The molecule has 8 saturated carbocycles. The molecule has 0 aromatic rings. The van der Waals surface area contributed by atoms with Crippen molar-refractivity contribution in [2.75, 3.05) is 0 Å². The van der Waals surface area contributed by atoms with Crippen molar-refractivity contribution >= 4 is 5.78 Å². The molecular weight excluding hydrogens is 316 g/mol. The second-order valence-corrected chi connectivity index (χ2v) is 11.2. The van der Waals surface area contributed by atoms with Gasteiger partial charge in [-0.15, -0.1) is 0 Å². The molecule has 8 aliphatic rings. The van der Waals surface area contributed by atoms with Crippen molar-refractivity contribution in [3.63, 3.8) is 0 Å². The highest BCUT2D eigenvalue weighted by atomic mass is 16.1. The van der Waals surface area contributed by atoms with Crippen LogP contribution in [0.2, 0.25) is 0 Å². The molecule has 26 heavy (non-hydrogen) atoms. The molecule has 0 radical (unpaired) electrons. The molecule has 8 bridgehead atoms. The van der Waals surface area contributed by atoms with Gasteiger partial charge < -0.3 is 0 Å². The average molecular weight is 347 g/mol. The lowest BCUT2D eigenvalue weighted by atomic mass is 9.50. The fourth-order valence-corrected chi connectivity index (χ4v) is 8.94. The summed E-state index contributed by atoms with van der Waals surface area (Å²) in [5, 5.41) is 0. The third-order valence-electron chi connectivity index (χ3n) is 8.96. The molecule has 0 heterocycles. The topological polar surface area (TPSA) is 17.1 Å². The standard InChI is InChI=1S/C25H30O/c26-23(1-3-24-11-17-5-18(12-24)7-19(6-17)13-24)2-4-25-14-20-8-21(15-25)10-22(9-20)16-25/h17-22H,5-16H2. The van der Waals surface area contributed by atoms with Crippen LogP contribution < -0.4 is 0 Å². The van der Waals surface area contributed by atoms with Crippen LogP contribution in [0.25, 0.3) is 0 Å². The fraction of sp³-hybridized carbons (Fsp3) is 0.800. The Kier molecular flexibility index (Phi) is 3.29. The monoisotopic (exact) mass is 346 g/mol. The Bertz CT molecular complexity index is 629. The third-order valence-corrected chi connectivity index (χ3v) is 8.96. The van der Waals surface area contributed by atoms with Gasteiger partial charge in [-0.2, -0.15) is 0 Å². The summed E-state index contributed by atoms with van der Waals surface area (Å²) in [5.74, 6) is 18.2. The molecule has 0 aliphatic heterocycles. The summed E-state index contributed by atoms with van der Waals surface area (Å²) in [6.07, 6.45) is 16.1. The van der Waals surface area contributed by atoms with Gasteiger partial charge in [0.25, 0.3) is 5.78 Å². The number of hydrogen-bond acceptors (Lipinski definition) is 1. The Balaban J connectivity index is 1.19. The summed E-state index contributed by atoms with van der Waals surface area (Å²) in [4.78, 5) is 12.5. The first-order valence-corrected chi connectivity index (χ1v) is 11.2. The molecule has 0 aromatic heterocycles. The molecule has 0 saturated heterocycles. The van der Waals surface area contributed by atoms with Gasteiger partial charge in [0, 0.05) is 10.8 Å². The smallest absolute Gasteiger partial charge is 0.270 e. The quantitative estimate of drug-likeness (QED) is 0.446. The predicted molar refractivity (Wildman–Crippen MR) is 102 cm³/mol. The lowest BCUT2D eigenvalue weighted by molar-refractivity contribution is -0.109. The van der Waals surface area contributed by atoms with Crippen molar-refractivity contribution in [3.05, 3.63) is 0 Å². The van der Waals surface area contributed by atoms with Crippen LogP contribution >= 0.6 is 0 Å². The van der Waals surface area contributed by atoms with Crippen molar-refractivity contribution in [1.82, 2.24) is 0 Å². The molecule has 0 N–H and O–H groups in total. The van der Waals surface area contributed by atoms with E-state index >= 15 is 0 Å². The van der Waals surface area contributed by atoms with Gasteiger partial charge in [-0.25, -0.2) is 0 Å². The van der Waals surface area contributed by atoms with Crippen molar-refractivity contribution < 1.29 is 4.79 Å². The molecule has 8 aliphatic carbocycles. The highest BCUT2D eigenvalue weighted by molar-refractivity contribution is 6.09. The van der Waals surface area contributed by atoms with Gasteiger partial charge in [0.2, 0.25) is 0 Å². The number of rotatable bonds is 0. The van der Waals surface area contributed by atoms with Crippen LogP contribution in [0.5, 0.6) is 0 Å². The zero-order valence-corrected chi connectivity index (χ0v) is 15.9. The largest absolute Gasteiger partial charge is 0.279 e. The first-order valence-electron chi connectivity index (χ1n) is 11.2.